The Morgan fingerprint density at radius 1 is 0.722 bits per heavy atom. The molecule has 10 nitrogen and oxygen atoms in total. The van der Waals surface area contributed by atoms with Crippen LogP contribution in [0.1, 0.15) is 151 Å². The number of amides is 1. The summed E-state index contributed by atoms with van der Waals surface area (Å²) < 4.78 is 10.2. The number of hydrogen-bond donors (Lipinski definition) is 2. The Bertz CT molecular complexity index is 1890. The third-order valence-electron chi connectivity index (χ3n) is 12.6. The number of fused-ring (bicyclic) bond motifs is 2. The number of carbonyl (C=O) groups excluding carboxylic acids is 1. The van der Waals surface area contributed by atoms with Gasteiger partial charge in [-0.2, -0.15) is 0 Å². The van der Waals surface area contributed by atoms with Gasteiger partial charge in [0.2, 0.25) is 0 Å². The summed E-state index contributed by atoms with van der Waals surface area (Å²) in [7, 11) is 0. The number of hydrazine groups is 1. The maximum absolute atomic E-state index is 12.8. The molecule has 1 amide bonds. The van der Waals surface area contributed by atoms with Gasteiger partial charge in [-0.05, 0) is 86.8 Å². The van der Waals surface area contributed by atoms with Gasteiger partial charge in [-0.15, -0.1) is 0 Å². The Balaban J connectivity index is 0.000000189. The van der Waals surface area contributed by atoms with Gasteiger partial charge in [0.05, 0.1) is 40.8 Å². The number of nitrogens with one attached hydrogen (secondary N) is 1. The van der Waals surface area contributed by atoms with Gasteiger partial charge in [0.25, 0.3) is 5.91 Å². The minimum atomic E-state index is -0.893. The molecule has 3 heterocycles. The van der Waals surface area contributed by atoms with Crippen LogP contribution in [-0.2, 0) is 28.7 Å². The highest BCUT2D eigenvalue weighted by Gasteiger charge is 2.30. The van der Waals surface area contributed by atoms with Crippen molar-refractivity contribution < 1.29 is 19.4 Å². The van der Waals surface area contributed by atoms with Gasteiger partial charge >= 0.3 is 5.97 Å². The number of nitrogens with zero attached hydrogens (tertiary/aromatic N) is 5. The van der Waals surface area contributed by atoms with Crippen LogP contribution in [0.25, 0.3) is 22.1 Å². The second-order valence-corrected chi connectivity index (χ2v) is 17.3. The summed E-state index contributed by atoms with van der Waals surface area (Å²) in [6, 6.07) is 11.3. The monoisotopic (exact) mass is 740 g/mol. The van der Waals surface area contributed by atoms with Gasteiger partial charge in [0.15, 0.2) is 0 Å². The van der Waals surface area contributed by atoms with E-state index in [4.69, 9.17) is 14.7 Å². The average molecular weight is 741 g/mol. The van der Waals surface area contributed by atoms with Crippen molar-refractivity contribution in [2.24, 2.45) is 11.8 Å². The smallest absolute Gasteiger partial charge is 0.335 e. The summed E-state index contributed by atoms with van der Waals surface area (Å²) in [4.78, 5) is 34.0. The summed E-state index contributed by atoms with van der Waals surface area (Å²) in [5, 5.41) is 11.2. The van der Waals surface area contributed by atoms with Crippen LogP contribution in [0.3, 0.4) is 0 Å². The summed E-state index contributed by atoms with van der Waals surface area (Å²) in [6.45, 7) is 18.2. The van der Waals surface area contributed by atoms with E-state index in [1.807, 2.05) is 23.2 Å². The number of aromatic nitrogens is 4. The summed E-state index contributed by atoms with van der Waals surface area (Å²) in [6.07, 6.45) is 15.3. The average Bonchev–Trinajstić information content (AvgIpc) is 3.74. The van der Waals surface area contributed by atoms with E-state index in [9.17, 15) is 14.7 Å². The first-order chi connectivity index (χ1) is 25.9. The molecule has 1 aliphatic heterocycles. The van der Waals surface area contributed by atoms with Crippen molar-refractivity contribution in [3.8, 4) is 0 Å². The fraction of sp³-hybridized carbons (Fsp3) is 0.636. The summed E-state index contributed by atoms with van der Waals surface area (Å²) in [5.41, 5.74) is 7.93. The SMILES string of the molecule is CCC(C)(C)c1nc2cc(C(=O)NN3CCOCC3)ccc2n1CC1CCCCC1.CCC(C)(C)c1nc2cc(C(=O)O)ccc2n1CC1CCCCC1. The molecular formula is C44H64N6O4. The summed E-state index contributed by atoms with van der Waals surface area (Å²) >= 11 is 0. The molecule has 0 bridgehead atoms. The van der Waals surface area contributed by atoms with Crippen LogP contribution in [0.2, 0.25) is 0 Å². The second kappa shape index (κ2) is 17.4. The van der Waals surface area contributed by atoms with Crippen molar-refractivity contribution >= 4 is 33.9 Å². The van der Waals surface area contributed by atoms with Crippen LogP contribution in [0, 0.1) is 11.8 Å². The highest BCUT2D eigenvalue weighted by molar-refractivity contribution is 5.97. The van der Waals surface area contributed by atoms with E-state index in [0.717, 1.165) is 78.7 Å². The fourth-order valence-corrected chi connectivity index (χ4v) is 8.39. The quantitative estimate of drug-likeness (QED) is 0.158. The Morgan fingerprint density at radius 3 is 1.61 bits per heavy atom. The van der Waals surface area contributed by atoms with E-state index in [-0.39, 0.29) is 16.7 Å². The zero-order valence-electron chi connectivity index (χ0n) is 33.8. The van der Waals surface area contributed by atoms with E-state index in [2.05, 4.69) is 62.2 Å². The predicted molar refractivity (Wildman–Crippen MR) is 216 cm³/mol. The minimum absolute atomic E-state index is 0.00388. The Kier molecular flexibility index (Phi) is 12.8. The first kappa shape index (κ1) is 39.9. The van der Waals surface area contributed by atoms with Gasteiger partial charge < -0.3 is 19.0 Å². The number of imidazole rings is 2. The highest BCUT2D eigenvalue weighted by atomic mass is 16.5. The van der Waals surface area contributed by atoms with E-state index < -0.39 is 5.97 Å². The van der Waals surface area contributed by atoms with Gasteiger partial charge in [0, 0.05) is 42.6 Å². The van der Waals surface area contributed by atoms with Crippen LogP contribution < -0.4 is 5.43 Å². The van der Waals surface area contributed by atoms with Crippen molar-refractivity contribution in [1.29, 1.82) is 0 Å². The lowest BCUT2D eigenvalue weighted by atomic mass is 9.87. The Hall–Kier alpha value is -3.76. The van der Waals surface area contributed by atoms with E-state index in [1.54, 1.807) is 12.1 Å². The molecule has 7 rings (SSSR count). The third kappa shape index (κ3) is 9.19. The van der Waals surface area contributed by atoms with Gasteiger partial charge in [-0.1, -0.05) is 80.1 Å². The summed E-state index contributed by atoms with van der Waals surface area (Å²) in [5.74, 6) is 2.71. The number of carboxylic acids is 1. The van der Waals surface area contributed by atoms with E-state index >= 15 is 0 Å². The predicted octanol–water partition coefficient (Wildman–Crippen LogP) is 9.28. The lowest BCUT2D eigenvalue weighted by Gasteiger charge is -2.28. The van der Waals surface area contributed by atoms with Crippen molar-refractivity contribution in [3.63, 3.8) is 0 Å². The van der Waals surface area contributed by atoms with Gasteiger partial charge in [-0.25, -0.2) is 19.8 Å². The van der Waals surface area contributed by atoms with E-state index in [0.29, 0.717) is 30.3 Å². The van der Waals surface area contributed by atoms with Crippen molar-refractivity contribution in [3.05, 3.63) is 59.2 Å². The molecule has 0 radical (unpaired) electrons. The lowest BCUT2D eigenvalue weighted by Crippen LogP contribution is -2.48. The number of morpholine rings is 1. The molecule has 3 fully saturated rings. The molecule has 2 saturated carbocycles. The van der Waals surface area contributed by atoms with Crippen LogP contribution in [-0.4, -0.2) is 67.4 Å². The highest BCUT2D eigenvalue weighted by Crippen LogP contribution is 2.35. The fourth-order valence-electron chi connectivity index (χ4n) is 8.39. The minimum Gasteiger partial charge on any atom is -0.478 e. The molecule has 4 aromatic rings. The van der Waals surface area contributed by atoms with Crippen molar-refractivity contribution in [1.82, 2.24) is 29.5 Å². The molecule has 0 unspecified atom stereocenters. The molecule has 2 aromatic carbocycles. The number of hydrogen-bond acceptors (Lipinski definition) is 6. The Labute approximate surface area is 322 Å². The number of carboxylic acid groups (broad SMARTS) is 1. The maximum atomic E-state index is 12.8. The molecule has 294 valence electrons. The number of benzene rings is 2. The molecule has 2 aliphatic carbocycles. The first-order valence-electron chi connectivity index (χ1n) is 20.8. The maximum Gasteiger partial charge on any atom is 0.335 e. The first-order valence-corrected chi connectivity index (χ1v) is 20.8. The number of rotatable bonds is 11. The van der Waals surface area contributed by atoms with E-state index in [1.165, 1.54) is 64.2 Å². The number of ether oxygens (including phenoxy) is 1. The zero-order chi connectivity index (χ0) is 38.5. The molecule has 2 aromatic heterocycles. The third-order valence-corrected chi connectivity index (χ3v) is 12.6. The van der Waals surface area contributed by atoms with Crippen LogP contribution in [0.5, 0.6) is 0 Å². The molecule has 10 heteroatoms. The van der Waals surface area contributed by atoms with Crippen molar-refractivity contribution in [2.45, 2.75) is 143 Å². The zero-order valence-corrected chi connectivity index (χ0v) is 33.8. The topological polar surface area (TPSA) is 115 Å². The van der Waals surface area contributed by atoms with Gasteiger partial charge in [-0.3, -0.25) is 10.2 Å². The van der Waals surface area contributed by atoms with Crippen molar-refractivity contribution in [2.75, 3.05) is 26.3 Å². The van der Waals surface area contributed by atoms with Crippen LogP contribution >= 0.6 is 0 Å². The molecule has 0 spiro atoms. The molecular weight excluding hydrogens is 677 g/mol. The largest absolute Gasteiger partial charge is 0.478 e. The molecule has 3 aliphatic rings. The van der Waals surface area contributed by atoms with Crippen LogP contribution in [0.15, 0.2) is 36.4 Å². The van der Waals surface area contributed by atoms with Crippen LogP contribution in [0.4, 0.5) is 0 Å². The normalized spacial score (nSPS) is 18.1. The molecule has 2 N–H and O–H groups in total. The van der Waals surface area contributed by atoms with Gasteiger partial charge in [0.1, 0.15) is 11.6 Å². The second-order valence-electron chi connectivity index (χ2n) is 17.3. The standard InChI is InChI=1S/C24H36N4O2.C20H28N2O2/c1-4-24(2,3)23-25-20-16-19(22(29)26-27-12-14-30-15-13-27)10-11-21(20)28(23)17-18-8-6-5-7-9-18;1-4-20(2,3)19-21-16-12-15(18(23)24)10-11-17(16)22(19)13-14-8-6-5-7-9-14/h10-11,16,18H,4-9,12-15,17H2,1-3H3,(H,26,29);10-12,14H,4-9,13H2,1-3H3,(H,23,24). The lowest BCUT2D eigenvalue weighted by molar-refractivity contribution is 0.0126. The molecule has 0 atom stereocenters. The number of carbonyl (C=O) groups is 2. The molecule has 54 heavy (non-hydrogen) atoms. The number of aromatic carboxylic acids is 1. The Morgan fingerprint density at radius 2 is 1.17 bits per heavy atom. The molecule has 1 saturated heterocycles.